The first kappa shape index (κ1) is 62.0. The van der Waals surface area contributed by atoms with E-state index in [4.69, 9.17) is 4.74 Å². The van der Waals surface area contributed by atoms with Crippen molar-refractivity contribution >= 4 is 39.7 Å². The summed E-state index contributed by atoms with van der Waals surface area (Å²) in [7, 11) is 0. The highest BCUT2D eigenvalue weighted by Gasteiger charge is 2.47. The Balaban J connectivity index is 0.000000370. The number of carbonyl (C=O) groups is 2. The molecular formula is C51H32BF24NO3. The quantitative estimate of drug-likeness (QED) is 0.0476. The molecule has 1 fully saturated rings. The van der Waals surface area contributed by atoms with Crippen LogP contribution in [-0.4, -0.2) is 24.0 Å². The molecule has 4 nitrogen and oxygen atoms in total. The fourth-order valence-electron chi connectivity index (χ4n) is 8.96. The topological polar surface area (TPSA) is 47.2 Å². The number of ketones is 1. The summed E-state index contributed by atoms with van der Waals surface area (Å²) in [5, 5.41) is 0. The fourth-order valence-corrected chi connectivity index (χ4v) is 8.96. The Morgan fingerprint density at radius 3 is 0.950 bits per heavy atom. The molecule has 5 aromatic carbocycles. The Labute approximate surface area is 434 Å². The summed E-state index contributed by atoms with van der Waals surface area (Å²) in [4.78, 5) is 24.7. The molecule has 430 valence electrons. The van der Waals surface area contributed by atoms with Crippen molar-refractivity contribution in [3.05, 3.63) is 183 Å². The van der Waals surface area contributed by atoms with E-state index in [1.54, 1.807) is 35.0 Å². The van der Waals surface area contributed by atoms with E-state index in [0.717, 1.165) is 25.7 Å². The van der Waals surface area contributed by atoms with Gasteiger partial charge in [0.15, 0.2) is 6.20 Å². The predicted octanol–water partition coefficient (Wildman–Crippen LogP) is 14.2. The number of ether oxygens (including phenoxy) is 1. The molecule has 80 heavy (non-hydrogen) atoms. The maximum Gasteiger partial charge on any atom is 0.416 e. The van der Waals surface area contributed by atoms with Gasteiger partial charge in [-0.05, 0) is 56.0 Å². The van der Waals surface area contributed by atoms with E-state index >= 15 is 0 Å². The Kier molecular flexibility index (Phi) is 17.1. The SMILES string of the molecule is FC(F)(F)c1cc([B-](c2cc(C(F)(F)F)cc(C(F)(F)F)c2)(c2cc(C(F)(F)F)cc(C(F)(F)F)c2)c2cc(C(F)(F)F)cc(C(F)(F)F)c2)cc(C(F)(F)F)c1.O=C(C[n+]1ccccc1C(=O)OC1CCCC1)c1ccccc1. The maximum atomic E-state index is 14.2. The predicted molar refractivity (Wildman–Crippen MR) is 235 cm³/mol. The van der Waals surface area contributed by atoms with E-state index in [1.807, 2.05) is 24.3 Å². The first-order valence-electron chi connectivity index (χ1n) is 22.6. The number of pyridine rings is 1. The number of rotatable bonds is 9. The summed E-state index contributed by atoms with van der Waals surface area (Å²) >= 11 is 0. The van der Waals surface area contributed by atoms with Gasteiger partial charge in [-0.2, -0.15) is 132 Å². The lowest BCUT2D eigenvalue weighted by molar-refractivity contribution is -0.685. The van der Waals surface area contributed by atoms with Crippen LogP contribution in [0.1, 0.15) is 91.0 Å². The Morgan fingerprint density at radius 2 is 0.675 bits per heavy atom. The zero-order valence-corrected chi connectivity index (χ0v) is 39.6. The first-order chi connectivity index (χ1) is 36.5. The molecule has 6 aromatic rings. The van der Waals surface area contributed by atoms with Crippen molar-refractivity contribution < 1.29 is 124 Å². The van der Waals surface area contributed by atoms with Gasteiger partial charge >= 0.3 is 55.4 Å². The van der Waals surface area contributed by atoms with E-state index in [1.165, 1.54) is 0 Å². The largest absolute Gasteiger partial charge is 0.454 e. The van der Waals surface area contributed by atoms with Crippen LogP contribution in [0.25, 0.3) is 0 Å². The van der Waals surface area contributed by atoms with E-state index in [9.17, 15) is 115 Å². The Hall–Kier alpha value is -7.23. The monoisotopic (exact) mass is 1170 g/mol. The molecule has 0 atom stereocenters. The van der Waals surface area contributed by atoms with Crippen LogP contribution >= 0.6 is 0 Å². The van der Waals surface area contributed by atoms with Gasteiger partial charge in [-0.15, -0.1) is 0 Å². The normalized spacial score (nSPS) is 14.4. The minimum Gasteiger partial charge on any atom is -0.454 e. The minimum absolute atomic E-state index is 0.0148. The van der Waals surface area contributed by atoms with Crippen LogP contribution in [0.3, 0.4) is 0 Å². The second-order valence-corrected chi connectivity index (χ2v) is 18.0. The van der Waals surface area contributed by atoms with Crippen molar-refractivity contribution in [1.82, 2.24) is 0 Å². The van der Waals surface area contributed by atoms with Gasteiger partial charge in [0.25, 0.3) is 5.69 Å². The second kappa shape index (κ2) is 22.0. The van der Waals surface area contributed by atoms with Gasteiger partial charge in [0.2, 0.25) is 12.3 Å². The number of nitrogens with zero attached hydrogens (tertiary/aromatic N) is 1. The van der Waals surface area contributed by atoms with Gasteiger partial charge in [0.1, 0.15) is 12.2 Å². The van der Waals surface area contributed by atoms with E-state index in [-0.39, 0.29) is 24.4 Å². The minimum atomic E-state index is -6.13. The van der Waals surface area contributed by atoms with Crippen molar-refractivity contribution in [2.75, 3.05) is 0 Å². The lowest BCUT2D eigenvalue weighted by Gasteiger charge is -2.46. The summed E-state index contributed by atoms with van der Waals surface area (Å²) in [6, 6.07) is 5.59. The zero-order chi connectivity index (χ0) is 60.0. The fraction of sp³-hybridized carbons (Fsp3) is 0.275. The lowest BCUT2D eigenvalue weighted by atomic mass is 9.12. The highest BCUT2D eigenvalue weighted by molar-refractivity contribution is 7.20. The average molecular weight is 1170 g/mol. The molecule has 0 N–H and O–H groups in total. The molecule has 0 amide bonds. The highest BCUT2D eigenvalue weighted by atomic mass is 19.4. The van der Waals surface area contributed by atoms with Gasteiger partial charge in [-0.1, -0.05) is 78.9 Å². The molecule has 29 heteroatoms. The average Bonchev–Trinajstić information content (AvgIpc) is 3.97. The van der Waals surface area contributed by atoms with Gasteiger partial charge < -0.3 is 4.74 Å². The molecule has 1 aliphatic carbocycles. The number of aromatic nitrogens is 1. The molecule has 1 heterocycles. The van der Waals surface area contributed by atoms with Crippen molar-refractivity contribution in [3.63, 3.8) is 0 Å². The van der Waals surface area contributed by atoms with Gasteiger partial charge in [-0.25, -0.2) is 4.79 Å². The molecule has 0 saturated heterocycles. The van der Waals surface area contributed by atoms with Crippen LogP contribution in [0.4, 0.5) is 105 Å². The summed E-state index contributed by atoms with van der Waals surface area (Å²) in [6.45, 7) is 0.125. The molecule has 1 aliphatic rings. The molecule has 1 saturated carbocycles. The van der Waals surface area contributed by atoms with Crippen molar-refractivity contribution in [3.8, 4) is 0 Å². The molecular weight excluding hydrogens is 1140 g/mol. The third kappa shape index (κ3) is 14.4. The standard InChI is InChI=1S/C32H12BF24.C19H20NO3/c34-25(35,36)13-1-14(26(37,38)39)6-21(5-13)33(22-7-15(27(40,41)42)2-16(8-22)28(43,44)45,23-9-17(29(46,47)48)3-18(10-23)30(49,50)51)24-11-19(31(52,53)54)4-20(12-24)32(55,56)57;21-18(15-8-2-1-3-9-15)14-20-13-7-6-12-17(20)19(22)23-16-10-4-5-11-16/h1-12H;1-3,6-9,12-13,16H,4-5,10-11,14H2/q-1;+1. The third-order valence-corrected chi connectivity index (χ3v) is 12.6. The van der Waals surface area contributed by atoms with Crippen LogP contribution in [0.2, 0.25) is 0 Å². The van der Waals surface area contributed by atoms with E-state index in [0.29, 0.717) is 11.3 Å². The Morgan fingerprint density at radius 1 is 0.400 bits per heavy atom. The first-order valence-corrected chi connectivity index (χ1v) is 22.6. The molecule has 0 unspecified atom stereocenters. The number of hydrogen-bond acceptors (Lipinski definition) is 3. The summed E-state index contributed by atoms with van der Waals surface area (Å²) in [6.07, 6.45) is -49.0. The van der Waals surface area contributed by atoms with Crippen LogP contribution in [0, 0.1) is 0 Å². The van der Waals surface area contributed by atoms with Crippen LogP contribution < -0.4 is 26.4 Å². The Bertz CT molecular complexity index is 2780. The number of hydrogen-bond donors (Lipinski definition) is 0. The second-order valence-electron chi connectivity index (χ2n) is 18.0. The third-order valence-electron chi connectivity index (χ3n) is 12.6. The van der Waals surface area contributed by atoms with Crippen molar-refractivity contribution in [2.24, 2.45) is 0 Å². The summed E-state index contributed by atoms with van der Waals surface area (Å²) in [5.41, 5.74) is -29.1. The van der Waals surface area contributed by atoms with E-state index in [2.05, 4.69) is 0 Å². The van der Waals surface area contributed by atoms with Gasteiger partial charge in [0.05, 0.1) is 44.5 Å². The zero-order valence-electron chi connectivity index (χ0n) is 39.6. The molecule has 0 bridgehead atoms. The molecule has 0 spiro atoms. The number of benzene rings is 5. The lowest BCUT2D eigenvalue weighted by Crippen LogP contribution is -2.75. The van der Waals surface area contributed by atoms with Gasteiger partial charge in [0, 0.05) is 17.7 Å². The number of halogens is 24. The summed E-state index contributed by atoms with van der Waals surface area (Å²) in [5.74, 6) is -0.380. The molecule has 1 aromatic heterocycles. The van der Waals surface area contributed by atoms with Crippen LogP contribution in [-0.2, 0) is 60.7 Å². The number of carbonyl (C=O) groups excluding carboxylic acids is 2. The number of esters is 1. The van der Waals surface area contributed by atoms with Crippen molar-refractivity contribution in [1.29, 1.82) is 0 Å². The van der Waals surface area contributed by atoms with Crippen molar-refractivity contribution in [2.45, 2.75) is 87.7 Å². The smallest absolute Gasteiger partial charge is 0.416 e. The van der Waals surface area contributed by atoms with Crippen LogP contribution in [0.15, 0.2) is 128 Å². The molecule has 0 aliphatic heterocycles. The van der Waals surface area contributed by atoms with Gasteiger partial charge in [-0.3, -0.25) is 4.79 Å². The van der Waals surface area contributed by atoms with E-state index < -0.39 is 195 Å². The van der Waals surface area contributed by atoms with Crippen LogP contribution in [0.5, 0.6) is 0 Å². The molecule has 0 radical (unpaired) electrons. The summed E-state index contributed by atoms with van der Waals surface area (Å²) < 4.78 is 348. The number of Topliss-reactive ketones (excluding diaryl/α,β-unsaturated/α-hetero) is 1. The highest BCUT2D eigenvalue weighted by Crippen LogP contribution is 2.41. The number of alkyl halides is 24. The molecule has 7 rings (SSSR count). The maximum absolute atomic E-state index is 14.2.